The molecule has 40 heavy (non-hydrogen) atoms. The molecule has 6 rings (SSSR count). The van der Waals surface area contributed by atoms with Gasteiger partial charge in [-0.15, -0.1) is 5.10 Å². The Labute approximate surface area is 228 Å². The van der Waals surface area contributed by atoms with Gasteiger partial charge >= 0.3 is 18.2 Å². The first-order valence-corrected chi connectivity index (χ1v) is 13.3. The second-order valence-corrected chi connectivity index (χ2v) is 11.1. The van der Waals surface area contributed by atoms with E-state index in [1.165, 1.54) is 28.8 Å². The molecular weight excluding hydrogens is 536 g/mol. The van der Waals surface area contributed by atoms with Crippen molar-refractivity contribution in [2.45, 2.75) is 69.4 Å². The lowest BCUT2D eigenvalue weighted by atomic mass is 9.47. The summed E-state index contributed by atoms with van der Waals surface area (Å²) in [6.07, 6.45) is -3.09. The number of pyridine rings is 1. The van der Waals surface area contributed by atoms with Crippen LogP contribution < -0.4 is 4.90 Å². The summed E-state index contributed by atoms with van der Waals surface area (Å²) in [4.78, 5) is 31.5. The largest absolute Gasteiger partial charge is 0.466 e. The average molecular weight is 569 g/mol. The van der Waals surface area contributed by atoms with Crippen molar-refractivity contribution in [2.75, 3.05) is 31.6 Å². The molecule has 1 saturated heterocycles. The summed E-state index contributed by atoms with van der Waals surface area (Å²) in [5.74, 6) is -0.495. The molecule has 1 aliphatic heterocycles. The van der Waals surface area contributed by atoms with Gasteiger partial charge in [0.1, 0.15) is 23.7 Å². The number of aromatic nitrogens is 4. The summed E-state index contributed by atoms with van der Waals surface area (Å²) in [6.45, 7) is 2.32. The van der Waals surface area contributed by atoms with E-state index in [1.807, 2.05) is 0 Å². The fourth-order valence-electron chi connectivity index (χ4n) is 6.08. The van der Waals surface area contributed by atoms with Gasteiger partial charge in [-0.3, -0.25) is 4.79 Å². The highest BCUT2D eigenvalue weighted by atomic mass is 19.4. The fraction of sp³-hybridized carbons (Fsp3) is 0.654. The molecule has 4 fully saturated rings. The van der Waals surface area contributed by atoms with Crippen LogP contribution in [-0.2, 0) is 34.1 Å². The maximum atomic E-state index is 14.2. The van der Waals surface area contributed by atoms with Crippen LogP contribution in [0.1, 0.15) is 56.8 Å². The molecule has 2 bridgehead atoms. The number of hydrogen-bond donors (Lipinski definition) is 0. The van der Waals surface area contributed by atoms with Gasteiger partial charge < -0.3 is 19.3 Å². The van der Waals surface area contributed by atoms with Gasteiger partial charge in [0.05, 0.1) is 29.9 Å². The lowest BCUT2D eigenvalue weighted by Crippen LogP contribution is -2.76. The molecule has 218 valence electrons. The van der Waals surface area contributed by atoms with Gasteiger partial charge in [-0.1, -0.05) is 5.21 Å². The van der Waals surface area contributed by atoms with Crippen LogP contribution in [0.5, 0.6) is 0 Å². The van der Waals surface area contributed by atoms with Crippen LogP contribution in [0.3, 0.4) is 0 Å². The predicted molar refractivity (Wildman–Crippen MR) is 134 cm³/mol. The molecule has 0 spiro atoms. The van der Waals surface area contributed by atoms with E-state index in [-0.39, 0.29) is 80.1 Å². The van der Waals surface area contributed by atoms with Crippen LogP contribution in [0.25, 0.3) is 11.4 Å². The zero-order chi connectivity index (χ0) is 28.9. The van der Waals surface area contributed by atoms with Gasteiger partial charge in [0.15, 0.2) is 5.69 Å². The molecule has 0 N–H and O–H groups in total. The van der Waals surface area contributed by atoms with Crippen LogP contribution in [0.2, 0.25) is 0 Å². The highest BCUT2D eigenvalue weighted by molar-refractivity contribution is 5.71. The predicted octanol–water partition coefficient (Wildman–Crippen LogP) is 4.28. The summed E-state index contributed by atoms with van der Waals surface area (Å²) in [7, 11) is 3.09. The summed E-state index contributed by atoms with van der Waals surface area (Å²) < 4.78 is 68.3. The molecule has 3 heterocycles. The van der Waals surface area contributed by atoms with E-state index in [0.717, 1.165) is 6.42 Å². The maximum absolute atomic E-state index is 14.2. The first-order chi connectivity index (χ1) is 18.8. The first kappa shape index (κ1) is 28.1. The minimum atomic E-state index is -4.76. The van der Waals surface area contributed by atoms with Gasteiger partial charge in [0.2, 0.25) is 0 Å². The molecule has 3 saturated carbocycles. The van der Waals surface area contributed by atoms with Crippen LogP contribution in [0.15, 0.2) is 12.1 Å². The molecule has 4 aliphatic rings. The number of anilines is 1. The van der Waals surface area contributed by atoms with E-state index in [4.69, 9.17) is 9.47 Å². The molecule has 1 amide bonds. The average Bonchev–Trinajstić information content (AvgIpc) is 3.23. The van der Waals surface area contributed by atoms with Gasteiger partial charge in [0.25, 0.3) is 0 Å². The summed E-state index contributed by atoms with van der Waals surface area (Å²) in [5, 5.41) is 7.90. The van der Waals surface area contributed by atoms with Crippen LogP contribution in [0, 0.1) is 5.92 Å². The van der Waals surface area contributed by atoms with E-state index >= 15 is 0 Å². The van der Waals surface area contributed by atoms with Crippen LogP contribution >= 0.6 is 0 Å². The number of amides is 1. The number of rotatable bonds is 8. The zero-order valence-corrected chi connectivity index (χ0v) is 22.6. The van der Waals surface area contributed by atoms with Crippen molar-refractivity contribution in [3.8, 4) is 11.4 Å². The van der Waals surface area contributed by atoms with E-state index in [2.05, 4.69) is 15.3 Å². The molecule has 14 heteroatoms. The van der Waals surface area contributed by atoms with Crippen molar-refractivity contribution in [1.82, 2.24) is 24.9 Å². The molecule has 0 aromatic carbocycles. The minimum Gasteiger partial charge on any atom is -0.466 e. The molecule has 1 atom stereocenters. The Kier molecular flexibility index (Phi) is 7.15. The second-order valence-electron chi connectivity index (χ2n) is 11.1. The van der Waals surface area contributed by atoms with Crippen molar-refractivity contribution in [1.29, 1.82) is 0 Å². The topological polar surface area (TPSA) is 103 Å². The lowest BCUT2D eigenvalue weighted by molar-refractivity contribution is -0.211. The molecule has 3 aliphatic carbocycles. The molecular formula is C26H32F4N6O4. The second kappa shape index (κ2) is 10.2. The number of ether oxygens (including phenoxy) is 2. The van der Waals surface area contributed by atoms with Gasteiger partial charge in [-0.2, -0.15) is 13.2 Å². The fourth-order valence-corrected chi connectivity index (χ4v) is 6.08. The molecule has 10 nitrogen and oxygen atoms in total. The number of carbonyl (C=O) groups is 2. The highest BCUT2D eigenvalue weighted by Crippen LogP contribution is 2.65. The van der Waals surface area contributed by atoms with Crippen molar-refractivity contribution < 1.29 is 36.6 Å². The highest BCUT2D eigenvalue weighted by Gasteiger charge is 2.72. The molecule has 2 aromatic rings. The normalized spacial score (nSPS) is 25.6. The maximum Gasteiger partial charge on any atom is 0.435 e. The molecule has 0 radical (unpaired) electrons. The van der Waals surface area contributed by atoms with Crippen LogP contribution in [-0.4, -0.2) is 74.9 Å². The quantitative estimate of drug-likeness (QED) is 0.344. The Hall–Kier alpha value is -3.45. The number of alkyl halides is 4. The third kappa shape index (κ3) is 5.19. The van der Waals surface area contributed by atoms with Gasteiger partial charge in [-0.25, -0.2) is 18.9 Å². The standard InChI is InChI=1S/C26H32F4N6O4/c1-4-39-20(37)10-16-6-5-9-36(11-16)18-8-7-17(31-22(18)26(28,29)30)21-19(35(3)33-32-21)12-40-23(38)34(2)25-13-24(27,14-25)15-25/h7-8,16H,4-6,9-15H2,1-3H3/t16-,24?,25?/m1/s1. The number of esters is 1. The Balaban J connectivity index is 1.34. The number of piperidine rings is 1. The number of aryl methyl sites for hydroxylation is 1. The van der Waals surface area contributed by atoms with Crippen molar-refractivity contribution >= 4 is 17.7 Å². The smallest absolute Gasteiger partial charge is 0.435 e. The Morgan fingerprint density at radius 1 is 1.20 bits per heavy atom. The summed E-state index contributed by atoms with van der Waals surface area (Å²) in [5.41, 5.74) is -2.60. The van der Waals surface area contributed by atoms with E-state index in [9.17, 15) is 27.2 Å². The first-order valence-electron chi connectivity index (χ1n) is 13.3. The molecule has 0 unspecified atom stereocenters. The van der Waals surface area contributed by atoms with Crippen molar-refractivity contribution in [2.24, 2.45) is 13.0 Å². The number of hydrogen-bond acceptors (Lipinski definition) is 8. The third-order valence-electron chi connectivity index (χ3n) is 8.20. The third-order valence-corrected chi connectivity index (χ3v) is 8.20. The monoisotopic (exact) mass is 568 g/mol. The SMILES string of the molecule is CCOC(=O)C[C@H]1CCCN(c2ccc(-c3nnn(C)c3COC(=O)N(C)C34CC(F)(C3)C4)nc2C(F)(F)F)C1. The minimum absolute atomic E-state index is 0.0575. The Bertz CT molecular complexity index is 1280. The summed E-state index contributed by atoms with van der Waals surface area (Å²) in [6, 6.07) is 2.79. The van der Waals surface area contributed by atoms with Gasteiger partial charge in [0, 0.05) is 46.4 Å². The number of halogens is 4. The van der Waals surface area contributed by atoms with E-state index in [1.54, 1.807) is 18.9 Å². The number of nitrogens with zero attached hydrogens (tertiary/aromatic N) is 6. The van der Waals surface area contributed by atoms with Crippen LogP contribution in [0.4, 0.5) is 28.0 Å². The Morgan fingerprint density at radius 3 is 2.58 bits per heavy atom. The van der Waals surface area contributed by atoms with Crippen molar-refractivity contribution in [3.63, 3.8) is 0 Å². The van der Waals surface area contributed by atoms with E-state index in [0.29, 0.717) is 13.0 Å². The number of carbonyl (C=O) groups excluding carboxylic acids is 2. The van der Waals surface area contributed by atoms with Gasteiger partial charge in [-0.05, 0) is 37.8 Å². The zero-order valence-electron chi connectivity index (χ0n) is 22.6. The van der Waals surface area contributed by atoms with Crippen molar-refractivity contribution in [3.05, 3.63) is 23.5 Å². The lowest BCUT2D eigenvalue weighted by Gasteiger charge is -2.68. The van der Waals surface area contributed by atoms with E-state index < -0.39 is 29.2 Å². The summed E-state index contributed by atoms with van der Waals surface area (Å²) >= 11 is 0. The Morgan fingerprint density at radius 2 is 1.93 bits per heavy atom. The molecule has 2 aromatic heterocycles.